The van der Waals surface area contributed by atoms with Gasteiger partial charge in [-0.1, -0.05) is 127 Å². The molecule has 0 unspecified atom stereocenters. The van der Waals surface area contributed by atoms with Crippen molar-refractivity contribution in [3.63, 3.8) is 0 Å². The van der Waals surface area contributed by atoms with Crippen molar-refractivity contribution < 1.29 is 4.79 Å². The molecule has 0 aromatic heterocycles. The minimum atomic E-state index is 0.106. The smallest absolute Gasteiger partial charge is 0.294 e. The van der Waals surface area contributed by atoms with Crippen molar-refractivity contribution in [3.05, 3.63) is 60.7 Å². The van der Waals surface area contributed by atoms with E-state index in [1.54, 1.807) is 0 Å². The fraction of sp³-hybridized carbons (Fsp3) is 0.581. The lowest BCUT2D eigenvalue weighted by Gasteiger charge is -2.31. The van der Waals surface area contributed by atoms with E-state index in [9.17, 15) is 4.79 Å². The second-order valence-corrected chi connectivity index (χ2v) is 9.50. The normalized spacial score (nSPS) is 10.9. The van der Waals surface area contributed by atoms with Gasteiger partial charge in [0.2, 0.25) is 0 Å². The van der Waals surface area contributed by atoms with Crippen molar-refractivity contribution in [2.75, 3.05) is 22.9 Å². The third kappa shape index (κ3) is 10.8. The Morgan fingerprint density at radius 2 is 0.824 bits per heavy atom. The zero-order chi connectivity index (χ0) is 24.3. The van der Waals surface area contributed by atoms with E-state index in [1.807, 2.05) is 46.2 Å². The fourth-order valence-corrected chi connectivity index (χ4v) is 4.49. The van der Waals surface area contributed by atoms with Gasteiger partial charge in [0.25, 0.3) is 0 Å². The largest absolute Gasteiger partial charge is 0.328 e. The van der Waals surface area contributed by atoms with Gasteiger partial charge < -0.3 is 0 Å². The summed E-state index contributed by atoms with van der Waals surface area (Å²) in [5.41, 5.74) is 2.00. The standard InChI is InChI=1S/C31H48N2O/c1-3-5-7-9-11-13-21-27-32(29-23-17-15-18-24-29)31(34)33(30-25-19-16-20-26-30)28-22-14-12-10-8-6-4-2/h15-20,23-26H,3-14,21-22,27-28H2,1-2H3. The van der Waals surface area contributed by atoms with Crippen molar-refractivity contribution in [2.45, 2.75) is 104 Å². The molecule has 188 valence electrons. The predicted molar refractivity (Wildman–Crippen MR) is 149 cm³/mol. The van der Waals surface area contributed by atoms with Crippen molar-refractivity contribution in [3.8, 4) is 0 Å². The van der Waals surface area contributed by atoms with Crippen molar-refractivity contribution >= 4 is 17.4 Å². The minimum absolute atomic E-state index is 0.106. The summed E-state index contributed by atoms with van der Waals surface area (Å²) in [5, 5.41) is 0. The number of urea groups is 1. The van der Waals surface area contributed by atoms with Crippen LogP contribution in [0.5, 0.6) is 0 Å². The molecule has 0 bridgehead atoms. The predicted octanol–water partition coefficient (Wildman–Crippen LogP) is 9.62. The molecule has 0 aliphatic rings. The molecular formula is C31H48N2O. The number of nitrogens with zero attached hydrogens (tertiary/aromatic N) is 2. The zero-order valence-corrected chi connectivity index (χ0v) is 21.9. The summed E-state index contributed by atoms with van der Waals surface area (Å²) >= 11 is 0. The van der Waals surface area contributed by atoms with Crippen LogP contribution in [0.3, 0.4) is 0 Å². The summed E-state index contributed by atoms with van der Waals surface area (Å²) in [6.07, 6.45) is 17.5. The third-order valence-electron chi connectivity index (χ3n) is 6.57. The molecule has 0 aliphatic carbocycles. The molecule has 0 fully saturated rings. The van der Waals surface area contributed by atoms with Gasteiger partial charge in [-0.2, -0.15) is 0 Å². The van der Waals surface area contributed by atoms with Crippen LogP contribution in [0, 0.1) is 0 Å². The molecule has 2 amide bonds. The monoisotopic (exact) mass is 464 g/mol. The summed E-state index contributed by atoms with van der Waals surface area (Å²) in [4.78, 5) is 17.9. The van der Waals surface area contributed by atoms with Crippen LogP contribution >= 0.6 is 0 Å². The number of anilines is 2. The van der Waals surface area contributed by atoms with Gasteiger partial charge in [-0.15, -0.1) is 0 Å². The van der Waals surface area contributed by atoms with Gasteiger partial charge in [0.05, 0.1) is 0 Å². The molecule has 0 saturated carbocycles. The minimum Gasteiger partial charge on any atom is -0.294 e. The quantitative estimate of drug-likeness (QED) is 0.201. The second-order valence-electron chi connectivity index (χ2n) is 9.50. The van der Waals surface area contributed by atoms with Crippen LogP contribution in [0.1, 0.15) is 104 Å². The Hall–Kier alpha value is -2.29. The first kappa shape index (κ1) is 28.0. The highest BCUT2D eigenvalue weighted by atomic mass is 16.2. The molecule has 0 heterocycles. The number of hydrogen-bond acceptors (Lipinski definition) is 1. The van der Waals surface area contributed by atoms with Gasteiger partial charge in [0.15, 0.2) is 0 Å². The SMILES string of the molecule is CCCCCCCCCN(C(=O)N(CCCCCCCCC)c1ccccc1)c1ccccc1. The molecule has 2 aromatic carbocycles. The average Bonchev–Trinajstić information content (AvgIpc) is 2.88. The number of unbranched alkanes of at least 4 members (excludes halogenated alkanes) is 12. The van der Waals surface area contributed by atoms with Crippen LogP contribution in [-0.2, 0) is 0 Å². The highest BCUT2D eigenvalue weighted by Crippen LogP contribution is 2.22. The average molecular weight is 465 g/mol. The molecule has 3 nitrogen and oxygen atoms in total. The van der Waals surface area contributed by atoms with Crippen LogP contribution < -0.4 is 9.80 Å². The van der Waals surface area contributed by atoms with Crippen LogP contribution in [-0.4, -0.2) is 19.1 Å². The molecular weight excluding hydrogens is 416 g/mol. The molecule has 2 aromatic rings. The number of carbonyl (C=O) groups is 1. The highest BCUT2D eigenvalue weighted by molar-refractivity contribution is 6.03. The first-order valence-corrected chi connectivity index (χ1v) is 14.0. The van der Waals surface area contributed by atoms with Crippen LogP contribution in [0.25, 0.3) is 0 Å². The van der Waals surface area contributed by atoms with E-state index < -0.39 is 0 Å². The van der Waals surface area contributed by atoms with E-state index >= 15 is 0 Å². The number of para-hydroxylation sites is 2. The molecule has 0 spiro atoms. The van der Waals surface area contributed by atoms with Crippen LogP contribution in [0.2, 0.25) is 0 Å². The van der Waals surface area contributed by atoms with E-state index in [4.69, 9.17) is 0 Å². The van der Waals surface area contributed by atoms with E-state index in [2.05, 4.69) is 38.1 Å². The summed E-state index contributed by atoms with van der Waals surface area (Å²) < 4.78 is 0. The lowest BCUT2D eigenvalue weighted by Crippen LogP contribution is -2.44. The van der Waals surface area contributed by atoms with Gasteiger partial charge in [0.1, 0.15) is 0 Å². The zero-order valence-electron chi connectivity index (χ0n) is 21.9. The summed E-state index contributed by atoms with van der Waals surface area (Å²) in [6, 6.07) is 20.5. The summed E-state index contributed by atoms with van der Waals surface area (Å²) in [5.74, 6) is 0. The van der Waals surface area contributed by atoms with Crippen LogP contribution in [0.4, 0.5) is 16.2 Å². The van der Waals surface area contributed by atoms with Gasteiger partial charge in [-0.25, -0.2) is 4.79 Å². The van der Waals surface area contributed by atoms with Crippen molar-refractivity contribution in [2.24, 2.45) is 0 Å². The van der Waals surface area contributed by atoms with Crippen molar-refractivity contribution in [1.29, 1.82) is 0 Å². The van der Waals surface area contributed by atoms with Gasteiger partial charge in [-0.3, -0.25) is 9.80 Å². The number of rotatable bonds is 18. The molecule has 0 radical (unpaired) electrons. The maximum atomic E-state index is 13.9. The van der Waals surface area contributed by atoms with E-state index in [0.29, 0.717) is 0 Å². The lowest BCUT2D eigenvalue weighted by molar-refractivity contribution is 0.251. The molecule has 0 aliphatic heterocycles. The topological polar surface area (TPSA) is 23.6 Å². The van der Waals surface area contributed by atoms with E-state index in [0.717, 1.165) is 37.3 Å². The van der Waals surface area contributed by atoms with E-state index in [-0.39, 0.29) is 6.03 Å². The Labute approximate surface area is 209 Å². The Balaban J connectivity index is 2.02. The first-order valence-electron chi connectivity index (χ1n) is 14.0. The van der Waals surface area contributed by atoms with Gasteiger partial charge >= 0.3 is 6.03 Å². The molecule has 3 heteroatoms. The molecule has 2 rings (SSSR count). The second kappa shape index (κ2) is 18.1. The first-order chi connectivity index (χ1) is 16.8. The lowest BCUT2D eigenvalue weighted by atomic mass is 10.1. The Morgan fingerprint density at radius 1 is 0.500 bits per heavy atom. The Kier molecular flexibility index (Phi) is 14.9. The number of carbonyl (C=O) groups excluding carboxylic acids is 1. The summed E-state index contributed by atoms with van der Waals surface area (Å²) in [6.45, 7) is 6.07. The number of benzene rings is 2. The highest BCUT2D eigenvalue weighted by Gasteiger charge is 2.23. The Bertz CT molecular complexity index is 683. The maximum Gasteiger partial charge on any atom is 0.328 e. The number of hydrogen-bond donors (Lipinski definition) is 0. The third-order valence-corrected chi connectivity index (χ3v) is 6.57. The number of amides is 2. The van der Waals surface area contributed by atoms with E-state index in [1.165, 1.54) is 77.0 Å². The fourth-order valence-electron chi connectivity index (χ4n) is 4.49. The maximum absolute atomic E-state index is 13.9. The van der Waals surface area contributed by atoms with Crippen molar-refractivity contribution in [1.82, 2.24) is 0 Å². The van der Waals surface area contributed by atoms with Gasteiger partial charge in [-0.05, 0) is 37.1 Å². The molecule has 0 saturated heterocycles. The van der Waals surface area contributed by atoms with Crippen LogP contribution in [0.15, 0.2) is 60.7 Å². The molecule has 0 N–H and O–H groups in total. The molecule has 34 heavy (non-hydrogen) atoms. The van der Waals surface area contributed by atoms with Gasteiger partial charge in [0, 0.05) is 24.5 Å². The molecule has 0 atom stereocenters. The Morgan fingerprint density at radius 3 is 1.18 bits per heavy atom. The summed E-state index contributed by atoms with van der Waals surface area (Å²) in [7, 11) is 0.